The van der Waals surface area contributed by atoms with E-state index in [0.29, 0.717) is 5.92 Å². The first-order valence-corrected chi connectivity index (χ1v) is 7.47. The van der Waals surface area contributed by atoms with Gasteiger partial charge in [0.15, 0.2) is 0 Å². The van der Waals surface area contributed by atoms with Crippen molar-refractivity contribution in [3.8, 4) is 0 Å². The fourth-order valence-corrected chi connectivity index (χ4v) is 2.71. The highest BCUT2D eigenvalue weighted by atomic mass is 16.2. The van der Waals surface area contributed by atoms with Crippen LogP contribution in [0.15, 0.2) is 30.3 Å². The van der Waals surface area contributed by atoms with Gasteiger partial charge in [-0.1, -0.05) is 45.9 Å². The highest BCUT2D eigenvalue weighted by Crippen LogP contribution is 2.24. The summed E-state index contributed by atoms with van der Waals surface area (Å²) in [7, 11) is 0. The number of piperidine rings is 1. The van der Waals surface area contributed by atoms with Crippen LogP contribution in [0.2, 0.25) is 0 Å². The second-order valence-electron chi connectivity index (χ2n) is 7.00. The number of benzene rings is 1. The summed E-state index contributed by atoms with van der Waals surface area (Å²) in [6, 6.07) is 10.7. The molecule has 0 aromatic heterocycles. The number of carbonyl (C=O) groups is 1. The fourth-order valence-electron chi connectivity index (χ4n) is 2.71. The predicted octanol–water partition coefficient (Wildman–Crippen LogP) is 3.06. The van der Waals surface area contributed by atoms with Crippen LogP contribution in [-0.4, -0.2) is 25.0 Å². The quantitative estimate of drug-likeness (QED) is 0.899. The largest absolute Gasteiger partial charge is 0.369 e. The van der Waals surface area contributed by atoms with Gasteiger partial charge in [0, 0.05) is 30.2 Å². The topological polar surface area (TPSA) is 32.3 Å². The molecule has 1 fully saturated rings. The van der Waals surface area contributed by atoms with Crippen molar-refractivity contribution in [3.05, 3.63) is 30.3 Å². The lowest BCUT2D eigenvalue weighted by Gasteiger charge is -2.39. The summed E-state index contributed by atoms with van der Waals surface area (Å²) >= 11 is 0. The van der Waals surface area contributed by atoms with Gasteiger partial charge in [0.05, 0.1) is 0 Å². The van der Waals surface area contributed by atoms with Crippen molar-refractivity contribution < 1.29 is 4.79 Å². The summed E-state index contributed by atoms with van der Waals surface area (Å²) in [5, 5.41) is 3.21. The molecule has 20 heavy (non-hydrogen) atoms. The Labute approximate surface area is 122 Å². The molecule has 2 unspecified atom stereocenters. The van der Waals surface area contributed by atoms with Gasteiger partial charge in [-0.3, -0.25) is 4.79 Å². The number of nitrogens with zero attached hydrogens (tertiary/aromatic N) is 1. The highest BCUT2D eigenvalue weighted by Gasteiger charge is 2.29. The molecule has 0 radical (unpaired) electrons. The van der Waals surface area contributed by atoms with Crippen LogP contribution >= 0.6 is 0 Å². The van der Waals surface area contributed by atoms with Crippen molar-refractivity contribution in [2.75, 3.05) is 18.0 Å². The highest BCUT2D eigenvalue weighted by molar-refractivity contribution is 5.81. The van der Waals surface area contributed by atoms with E-state index in [9.17, 15) is 4.79 Å². The molecule has 0 saturated carbocycles. The average Bonchev–Trinajstić information content (AvgIpc) is 2.38. The zero-order chi connectivity index (χ0) is 14.8. The van der Waals surface area contributed by atoms with Crippen molar-refractivity contribution in [1.82, 2.24) is 5.32 Å². The fraction of sp³-hybridized carbons (Fsp3) is 0.588. The molecule has 0 aliphatic carbocycles. The zero-order valence-corrected chi connectivity index (χ0v) is 13.0. The van der Waals surface area contributed by atoms with Gasteiger partial charge in [-0.15, -0.1) is 0 Å². The molecule has 0 spiro atoms. The standard InChI is InChI=1S/C17H26N2O/c1-13-10-14(18-16(20)17(2,3)4)12-19(11-13)15-8-6-5-7-9-15/h5-9,13-14H,10-12H2,1-4H3,(H,18,20). The molecule has 1 aliphatic heterocycles. The van der Waals surface area contributed by atoms with Crippen LogP contribution in [0.1, 0.15) is 34.1 Å². The number of carbonyl (C=O) groups excluding carboxylic acids is 1. The Morgan fingerprint density at radius 3 is 2.45 bits per heavy atom. The molecule has 1 N–H and O–H groups in total. The zero-order valence-electron chi connectivity index (χ0n) is 13.0. The van der Waals surface area contributed by atoms with Gasteiger partial charge in [-0.2, -0.15) is 0 Å². The number of para-hydroxylation sites is 1. The lowest BCUT2D eigenvalue weighted by molar-refractivity contribution is -0.129. The van der Waals surface area contributed by atoms with E-state index in [1.807, 2.05) is 26.8 Å². The summed E-state index contributed by atoms with van der Waals surface area (Å²) in [4.78, 5) is 14.5. The van der Waals surface area contributed by atoms with Gasteiger partial charge < -0.3 is 10.2 Å². The number of hydrogen-bond acceptors (Lipinski definition) is 2. The van der Waals surface area contributed by atoms with Crippen molar-refractivity contribution in [2.45, 2.75) is 40.2 Å². The molecule has 3 nitrogen and oxygen atoms in total. The maximum absolute atomic E-state index is 12.2. The van der Waals surface area contributed by atoms with Crippen molar-refractivity contribution >= 4 is 11.6 Å². The van der Waals surface area contributed by atoms with Crippen LogP contribution in [0.5, 0.6) is 0 Å². The summed E-state index contributed by atoms with van der Waals surface area (Å²) in [6.07, 6.45) is 1.06. The summed E-state index contributed by atoms with van der Waals surface area (Å²) in [5.74, 6) is 0.735. The number of anilines is 1. The maximum Gasteiger partial charge on any atom is 0.225 e. The third-order valence-electron chi connectivity index (χ3n) is 3.80. The van der Waals surface area contributed by atoms with E-state index >= 15 is 0 Å². The van der Waals surface area contributed by atoms with Crippen LogP contribution in [0.4, 0.5) is 5.69 Å². The van der Waals surface area contributed by atoms with Gasteiger partial charge in [0.2, 0.25) is 5.91 Å². The van der Waals surface area contributed by atoms with Crippen molar-refractivity contribution in [3.63, 3.8) is 0 Å². The molecule has 2 atom stereocenters. The Kier molecular flexibility index (Phi) is 4.36. The molecule has 3 heteroatoms. The molecule has 1 aromatic carbocycles. The Bertz CT molecular complexity index is 450. The Hall–Kier alpha value is -1.51. The number of nitrogens with one attached hydrogen (secondary N) is 1. The lowest BCUT2D eigenvalue weighted by atomic mass is 9.92. The first kappa shape index (κ1) is 14.9. The van der Waals surface area contributed by atoms with Crippen LogP contribution in [0.25, 0.3) is 0 Å². The van der Waals surface area contributed by atoms with E-state index in [1.165, 1.54) is 5.69 Å². The van der Waals surface area contributed by atoms with E-state index in [4.69, 9.17) is 0 Å². The monoisotopic (exact) mass is 274 g/mol. The van der Waals surface area contributed by atoms with E-state index in [0.717, 1.165) is 19.5 Å². The number of hydrogen-bond donors (Lipinski definition) is 1. The minimum Gasteiger partial charge on any atom is -0.369 e. The van der Waals surface area contributed by atoms with E-state index in [-0.39, 0.29) is 17.4 Å². The Balaban J connectivity index is 2.04. The molecule has 1 heterocycles. The molecular formula is C17H26N2O. The number of rotatable bonds is 2. The summed E-state index contributed by atoms with van der Waals surface area (Å²) in [6.45, 7) is 10.1. The summed E-state index contributed by atoms with van der Waals surface area (Å²) < 4.78 is 0. The minimum atomic E-state index is -0.321. The molecule has 1 saturated heterocycles. The second kappa shape index (κ2) is 5.86. The van der Waals surface area contributed by atoms with Crippen LogP contribution in [0, 0.1) is 11.3 Å². The van der Waals surface area contributed by atoms with Gasteiger partial charge in [0.25, 0.3) is 0 Å². The maximum atomic E-state index is 12.2. The Morgan fingerprint density at radius 1 is 1.20 bits per heavy atom. The van der Waals surface area contributed by atoms with Gasteiger partial charge in [-0.25, -0.2) is 0 Å². The third kappa shape index (κ3) is 3.75. The van der Waals surface area contributed by atoms with E-state index in [2.05, 4.69) is 41.4 Å². The van der Waals surface area contributed by atoms with Crippen molar-refractivity contribution in [2.24, 2.45) is 11.3 Å². The SMILES string of the molecule is CC1CC(NC(=O)C(C)(C)C)CN(c2ccccc2)C1. The van der Waals surface area contributed by atoms with Gasteiger partial charge >= 0.3 is 0 Å². The first-order chi connectivity index (χ1) is 9.36. The summed E-state index contributed by atoms with van der Waals surface area (Å²) in [5.41, 5.74) is 0.923. The second-order valence-corrected chi connectivity index (χ2v) is 7.00. The van der Waals surface area contributed by atoms with Crippen LogP contribution in [-0.2, 0) is 4.79 Å². The van der Waals surface area contributed by atoms with Crippen LogP contribution in [0.3, 0.4) is 0 Å². The molecule has 1 aromatic rings. The molecule has 1 aliphatic rings. The minimum absolute atomic E-state index is 0.143. The molecule has 0 bridgehead atoms. The van der Waals surface area contributed by atoms with Gasteiger partial charge in [0.1, 0.15) is 0 Å². The molecule has 110 valence electrons. The van der Waals surface area contributed by atoms with Crippen LogP contribution < -0.4 is 10.2 Å². The van der Waals surface area contributed by atoms with Gasteiger partial charge in [-0.05, 0) is 24.5 Å². The number of amides is 1. The average molecular weight is 274 g/mol. The van der Waals surface area contributed by atoms with E-state index in [1.54, 1.807) is 0 Å². The smallest absolute Gasteiger partial charge is 0.225 e. The normalized spacial score (nSPS) is 23.5. The molecular weight excluding hydrogens is 248 g/mol. The lowest BCUT2D eigenvalue weighted by Crippen LogP contribution is -2.52. The van der Waals surface area contributed by atoms with Crippen molar-refractivity contribution in [1.29, 1.82) is 0 Å². The molecule has 2 rings (SSSR count). The molecule has 1 amide bonds. The third-order valence-corrected chi connectivity index (χ3v) is 3.80. The first-order valence-electron chi connectivity index (χ1n) is 7.47. The Morgan fingerprint density at radius 2 is 1.85 bits per heavy atom. The predicted molar refractivity (Wildman–Crippen MR) is 83.8 cm³/mol. The van der Waals surface area contributed by atoms with E-state index < -0.39 is 0 Å².